The number of halogens is 1. The van der Waals surface area contributed by atoms with E-state index in [0.29, 0.717) is 11.5 Å². The molecular weight excluding hydrogens is 234 g/mol. The fraction of sp³-hybridized carbons (Fsp3) is 0.556. The second-order valence-corrected chi connectivity index (χ2v) is 3.88. The average molecular weight is 248 g/mol. The molecular formula is C9H14ClN3O3. The zero-order chi connectivity index (χ0) is 12.2. The van der Waals surface area contributed by atoms with Crippen LogP contribution in [0.3, 0.4) is 0 Å². The van der Waals surface area contributed by atoms with Crippen molar-refractivity contribution in [1.29, 1.82) is 0 Å². The summed E-state index contributed by atoms with van der Waals surface area (Å²) >= 11 is 5.66. The predicted octanol–water partition coefficient (Wildman–Crippen LogP) is -0.434. The van der Waals surface area contributed by atoms with E-state index in [9.17, 15) is 0 Å². The van der Waals surface area contributed by atoms with Gasteiger partial charge >= 0.3 is 0 Å². The van der Waals surface area contributed by atoms with Crippen molar-refractivity contribution >= 4 is 17.4 Å². The molecule has 1 heterocycles. The van der Waals surface area contributed by atoms with Crippen LogP contribution in [0.5, 0.6) is 0 Å². The largest absolute Gasteiger partial charge is 0.394 e. The Morgan fingerprint density at radius 2 is 1.81 bits per heavy atom. The Morgan fingerprint density at radius 1 is 1.25 bits per heavy atom. The molecule has 0 aliphatic heterocycles. The van der Waals surface area contributed by atoms with Gasteiger partial charge in [0.1, 0.15) is 11.4 Å². The van der Waals surface area contributed by atoms with Crippen molar-refractivity contribution in [2.24, 2.45) is 0 Å². The van der Waals surface area contributed by atoms with Crippen LogP contribution in [0, 0.1) is 6.92 Å². The maximum atomic E-state index is 9.12. The number of aromatic nitrogens is 2. The molecule has 0 spiro atoms. The Morgan fingerprint density at radius 3 is 2.25 bits per heavy atom. The summed E-state index contributed by atoms with van der Waals surface area (Å²) in [5.41, 5.74) is -0.574. The van der Waals surface area contributed by atoms with Gasteiger partial charge in [-0.2, -0.15) is 0 Å². The molecule has 0 aliphatic rings. The second kappa shape index (κ2) is 5.40. The number of rotatable bonds is 5. The highest BCUT2D eigenvalue weighted by molar-refractivity contribution is 6.28. The summed E-state index contributed by atoms with van der Waals surface area (Å²) in [6.45, 7) is 0.444. The Hall–Kier alpha value is -0.950. The molecule has 4 N–H and O–H groups in total. The Kier molecular flexibility index (Phi) is 4.43. The molecule has 7 heteroatoms. The van der Waals surface area contributed by atoms with Crippen LogP contribution in [0.15, 0.2) is 6.07 Å². The van der Waals surface area contributed by atoms with Crippen LogP contribution in [0.25, 0.3) is 0 Å². The van der Waals surface area contributed by atoms with Gasteiger partial charge in [0.15, 0.2) is 0 Å². The summed E-state index contributed by atoms with van der Waals surface area (Å²) in [7, 11) is 0. The number of aryl methyl sites for hydroxylation is 1. The number of nitrogens with zero attached hydrogens (tertiary/aromatic N) is 2. The lowest BCUT2D eigenvalue weighted by Crippen LogP contribution is -2.49. The minimum absolute atomic E-state index is 0.0604. The van der Waals surface area contributed by atoms with Crippen molar-refractivity contribution in [2.45, 2.75) is 12.5 Å². The first-order chi connectivity index (χ1) is 7.55. The molecule has 1 rings (SSSR count). The Balaban J connectivity index is 2.93. The molecule has 0 saturated carbocycles. The molecule has 0 saturated heterocycles. The molecule has 6 nitrogen and oxygen atoms in total. The van der Waals surface area contributed by atoms with E-state index in [4.69, 9.17) is 26.9 Å². The van der Waals surface area contributed by atoms with E-state index in [1.165, 1.54) is 0 Å². The van der Waals surface area contributed by atoms with Gasteiger partial charge in [0, 0.05) is 11.8 Å². The Labute approximate surface area is 97.9 Å². The third-order valence-electron chi connectivity index (χ3n) is 2.13. The van der Waals surface area contributed by atoms with Crippen LogP contribution in [-0.2, 0) is 0 Å². The molecule has 90 valence electrons. The van der Waals surface area contributed by atoms with Crippen molar-refractivity contribution < 1.29 is 15.3 Å². The lowest BCUT2D eigenvalue weighted by molar-refractivity contribution is 0.0831. The minimum Gasteiger partial charge on any atom is -0.394 e. The molecule has 0 fully saturated rings. The number of hydrogen-bond donors (Lipinski definition) is 4. The van der Waals surface area contributed by atoms with Gasteiger partial charge in [-0.1, -0.05) is 0 Å². The summed E-state index contributed by atoms with van der Waals surface area (Å²) in [4.78, 5) is 7.74. The number of aliphatic hydroxyl groups is 3. The highest BCUT2D eigenvalue weighted by atomic mass is 35.5. The minimum atomic E-state index is -1.22. The van der Waals surface area contributed by atoms with E-state index >= 15 is 0 Å². The normalized spacial score (nSPS) is 11.6. The van der Waals surface area contributed by atoms with E-state index in [-0.39, 0.29) is 5.28 Å². The maximum absolute atomic E-state index is 9.12. The summed E-state index contributed by atoms with van der Waals surface area (Å²) in [6, 6.07) is 1.60. The number of anilines is 1. The van der Waals surface area contributed by atoms with Gasteiger partial charge in [0.25, 0.3) is 0 Å². The Bertz CT molecular complexity index is 329. The maximum Gasteiger partial charge on any atom is 0.224 e. The molecule has 0 radical (unpaired) electrons. The smallest absolute Gasteiger partial charge is 0.224 e. The first-order valence-electron chi connectivity index (χ1n) is 4.67. The monoisotopic (exact) mass is 247 g/mol. The first-order valence-corrected chi connectivity index (χ1v) is 5.05. The highest BCUT2D eigenvalue weighted by Crippen LogP contribution is 2.15. The zero-order valence-electron chi connectivity index (χ0n) is 8.81. The van der Waals surface area contributed by atoms with Crippen molar-refractivity contribution in [3.63, 3.8) is 0 Å². The van der Waals surface area contributed by atoms with Crippen molar-refractivity contribution in [1.82, 2.24) is 9.97 Å². The summed E-state index contributed by atoms with van der Waals surface area (Å²) < 4.78 is 0. The van der Waals surface area contributed by atoms with E-state index < -0.39 is 25.4 Å². The zero-order valence-corrected chi connectivity index (χ0v) is 9.57. The molecule has 1 aromatic rings. The molecule has 1 aromatic heterocycles. The van der Waals surface area contributed by atoms with Gasteiger partial charge < -0.3 is 20.6 Å². The summed E-state index contributed by atoms with van der Waals surface area (Å²) in [6.07, 6.45) is 0. The van der Waals surface area contributed by atoms with Gasteiger partial charge in [-0.05, 0) is 18.5 Å². The molecule has 0 aliphatic carbocycles. The quantitative estimate of drug-likeness (QED) is 0.527. The second-order valence-electron chi connectivity index (χ2n) is 3.54. The lowest BCUT2D eigenvalue weighted by Gasteiger charge is -2.29. The van der Waals surface area contributed by atoms with E-state index in [1.807, 2.05) is 0 Å². The fourth-order valence-corrected chi connectivity index (χ4v) is 1.36. The standard InChI is InChI=1S/C9H14ClN3O3/c1-6-2-7(12-8(10)11-6)13-9(3-14,4-15)5-16/h2,14-16H,3-5H2,1H3,(H,11,12,13). The van der Waals surface area contributed by atoms with Gasteiger partial charge in [-0.15, -0.1) is 0 Å². The van der Waals surface area contributed by atoms with Crippen LogP contribution in [0.2, 0.25) is 5.28 Å². The van der Waals surface area contributed by atoms with E-state index in [2.05, 4.69) is 15.3 Å². The van der Waals surface area contributed by atoms with E-state index in [1.54, 1.807) is 13.0 Å². The van der Waals surface area contributed by atoms with Crippen LogP contribution < -0.4 is 5.32 Å². The van der Waals surface area contributed by atoms with E-state index in [0.717, 1.165) is 0 Å². The van der Waals surface area contributed by atoms with Gasteiger partial charge in [0.2, 0.25) is 5.28 Å². The lowest BCUT2D eigenvalue weighted by atomic mass is 10.0. The number of aliphatic hydroxyl groups excluding tert-OH is 3. The summed E-state index contributed by atoms with van der Waals surface area (Å²) in [5, 5.41) is 30.2. The third-order valence-corrected chi connectivity index (χ3v) is 2.30. The fourth-order valence-electron chi connectivity index (χ4n) is 1.14. The topological polar surface area (TPSA) is 98.5 Å². The SMILES string of the molecule is Cc1cc(NC(CO)(CO)CO)nc(Cl)n1. The number of nitrogens with one attached hydrogen (secondary N) is 1. The van der Waals surface area contributed by atoms with Crippen molar-refractivity contribution in [2.75, 3.05) is 25.1 Å². The van der Waals surface area contributed by atoms with Crippen molar-refractivity contribution in [3.05, 3.63) is 17.0 Å². The molecule has 0 amide bonds. The molecule has 0 bridgehead atoms. The number of hydrogen-bond acceptors (Lipinski definition) is 6. The predicted molar refractivity (Wildman–Crippen MR) is 59.4 cm³/mol. The third kappa shape index (κ3) is 3.02. The van der Waals surface area contributed by atoms with Crippen molar-refractivity contribution in [3.8, 4) is 0 Å². The molecule has 0 atom stereocenters. The highest BCUT2D eigenvalue weighted by Gasteiger charge is 2.28. The van der Waals surface area contributed by atoms with Crippen LogP contribution in [0.1, 0.15) is 5.69 Å². The summed E-state index contributed by atoms with van der Waals surface area (Å²) in [5.74, 6) is 0.342. The van der Waals surface area contributed by atoms with Gasteiger partial charge in [0.05, 0.1) is 19.8 Å². The van der Waals surface area contributed by atoms with Crippen LogP contribution >= 0.6 is 11.6 Å². The molecule has 0 unspecified atom stereocenters. The molecule has 16 heavy (non-hydrogen) atoms. The van der Waals surface area contributed by atoms with Gasteiger partial charge in [-0.25, -0.2) is 9.97 Å². The van der Waals surface area contributed by atoms with Crippen LogP contribution in [0.4, 0.5) is 5.82 Å². The van der Waals surface area contributed by atoms with Gasteiger partial charge in [-0.3, -0.25) is 0 Å². The average Bonchev–Trinajstić information content (AvgIpc) is 2.25. The first kappa shape index (κ1) is 13.1. The molecule has 0 aromatic carbocycles. The van der Waals surface area contributed by atoms with Crippen LogP contribution in [-0.4, -0.2) is 50.6 Å².